The zero-order chi connectivity index (χ0) is 66.1. The van der Waals surface area contributed by atoms with Crippen LogP contribution in [0.2, 0.25) is 0 Å². The van der Waals surface area contributed by atoms with Crippen LogP contribution in [0.25, 0.3) is 0 Å². The summed E-state index contributed by atoms with van der Waals surface area (Å²) >= 11 is 0. The average molecular weight is 1270 g/mol. The number of carboxylic acid groups (broad SMARTS) is 1. The maximum absolute atomic E-state index is 13.0. The number of esters is 2. The van der Waals surface area contributed by atoms with Crippen LogP contribution >= 0.6 is 0 Å². The summed E-state index contributed by atoms with van der Waals surface area (Å²) in [6.45, 7) is 4.70. The van der Waals surface area contributed by atoms with Gasteiger partial charge in [0.05, 0.1) is 34.4 Å². The van der Waals surface area contributed by atoms with Crippen LogP contribution in [0.15, 0.2) is 97.2 Å². The van der Waals surface area contributed by atoms with Crippen LogP contribution in [-0.2, 0) is 33.3 Å². The standard InChI is InChI=1S/C82H145NO8/c1-6-8-10-12-14-16-18-20-22-24-26-28-30-32-34-35-36-37-38-39-40-41-42-43-44-45-47-49-51-53-55-57-59-61-63-65-67-69-71-73-80(85)91-78(77-90-82(81(86)87)88-75-74-83(3,4)5)76-89-79(84)72-70-68-66-64-62-60-58-56-54-52-50-48-46-33-31-29-27-25-23-21-19-17-15-13-11-9-7-2/h8-11,14-17,20-23,26-29,78,82H,6-7,12-13,18-19,24-25,30-77H2,1-5H3/p+1/b10-8-,11-9-,16-14-,17-15-,22-20-,23-21-,28-26-,29-27-. The number of nitrogens with zero attached hydrogens (tertiary/aromatic N) is 1. The Bertz CT molecular complexity index is 1820. The molecule has 1 N–H and O–H groups in total. The van der Waals surface area contributed by atoms with Crippen molar-refractivity contribution in [2.45, 2.75) is 360 Å². The largest absolute Gasteiger partial charge is 0.477 e. The van der Waals surface area contributed by atoms with Crippen LogP contribution in [0.4, 0.5) is 0 Å². The lowest BCUT2D eigenvalue weighted by Gasteiger charge is -2.25. The van der Waals surface area contributed by atoms with Gasteiger partial charge < -0.3 is 28.5 Å². The van der Waals surface area contributed by atoms with Crippen molar-refractivity contribution in [2.24, 2.45) is 0 Å². The molecule has 0 aromatic rings. The van der Waals surface area contributed by atoms with Gasteiger partial charge in [0.1, 0.15) is 13.2 Å². The molecule has 0 aliphatic carbocycles. The van der Waals surface area contributed by atoms with Gasteiger partial charge in [0.15, 0.2) is 6.10 Å². The highest BCUT2D eigenvalue weighted by atomic mass is 16.7. The van der Waals surface area contributed by atoms with Gasteiger partial charge in [-0.25, -0.2) is 4.79 Å². The van der Waals surface area contributed by atoms with Crippen molar-refractivity contribution in [2.75, 3.05) is 47.5 Å². The van der Waals surface area contributed by atoms with E-state index in [0.717, 1.165) is 89.9 Å². The topological polar surface area (TPSA) is 108 Å². The van der Waals surface area contributed by atoms with Gasteiger partial charge in [-0.05, 0) is 89.9 Å². The number of unbranched alkanes of at least 4 members (excludes halogenated alkanes) is 40. The Labute approximate surface area is 562 Å². The van der Waals surface area contributed by atoms with Crippen LogP contribution in [0.3, 0.4) is 0 Å². The van der Waals surface area contributed by atoms with E-state index in [0.29, 0.717) is 17.4 Å². The molecule has 0 spiro atoms. The second kappa shape index (κ2) is 72.0. The van der Waals surface area contributed by atoms with E-state index in [9.17, 15) is 19.5 Å². The van der Waals surface area contributed by atoms with Crippen molar-refractivity contribution >= 4 is 17.9 Å². The first-order valence-electron chi connectivity index (χ1n) is 38.4. The average Bonchev–Trinajstić information content (AvgIpc) is 3.46. The van der Waals surface area contributed by atoms with E-state index in [-0.39, 0.29) is 38.2 Å². The molecule has 0 aromatic heterocycles. The van der Waals surface area contributed by atoms with Gasteiger partial charge in [-0.2, -0.15) is 0 Å². The quantitative estimate of drug-likeness (QED) is 0.0211. The summed E-state index contributed by atoms with van der Waals surface area (Å²) in [5.41, 5.74) is 0. The monoisotopic (exact) mass is 1270 g/mol. The molecule has 2 atom stereocenters. The number of carbonyl (C=O) groups excluding carboxylic acids is 2. The first-order chi connectivity index (χ1) is 44.6. The molecule has 91 heavy (non-hydrogen) atoms. The van der Waals surface area contributed by atoms with E-state index in [1.165, 1.54) is 231 Å². The molecule has 0 amide bonds. The number of quaternary nitrogens is 1. The third kappa shape index (κ3) is 73.5. The normalized spacial score (nSPS) is 13.2. The van der Waals surface area contributed by atoms with E-state index in [4.69, 9.17) is 18.9 Å². The number of likely N-dealkylation sites (N-methyl/N-ethyl adjacent to an activating group) is 1. The number of allylic oxidation sites excluding steroid dienone is 16. The molecule has 0 aliphatic heterocycles. The Kier molecular flexibility index (Phi) is 69.0. The Morgan fingerprint density at radius 1 is 0.330 bits per heavy atom. The van der Waals surface area contributed by atoms with Crippen molar-refractivity contribution in [3.63, 3.8) is 0 Å². The summed E-state index contributed by atoms with van der Waals surface area (Å²) in [5.74, 6) is -1.99. The van der Waals surface area contributed by atoms with Crippen LogP contribution in [-0.4, -0.2) is 87.4 Å². The maximum Gasteiger partial charge on any atom is 0.361 e. The first kappa shape index (κ1) is 87.2. The van der Waals surface area contributed by atoms with E-state index in [1.807, 2.05) is 21.1 Å². The van der Waals surface area contributed by atoms with Gasteiger partial charge >= 0.3 is 17.9 Å². The molecule has 0 radical (unpaired) electrons. The summed E-state index contributed by atoms with van der Waals surface area (Å²) in [6.07, 6.45) is 97.0. The van der Waals surface area contributed by atoms with E-state index in [1.54, 1.807) is 0 Å². The lowest BCUT2D eigenvalue weighted by Crippen LogP contribution is -2.40. The molecule has 0 fully saturated rings. The van der Waals surface area contributed by atoms with Crippen molar-refractivity contribution < 1.29 is 42.9 Å². The predicted molar refractivity (Wildman–Crippen MR) is 392 cm³/mol. The minimum absolute atomic E-state index is 0.181. The molecule has 9 heteroatoms. The summed E-state index contributed by atoms with van der Waals surface area (Å²) in [4.78, 5) is 37.7. The van der Waals surface area contributed by atoms with E-state index < -0.39 is 18.4 Å². The lowest BCUT2D eigenvalue weighted by molar-refractivity contribution is -0.870. The second-order valence-electron chi connectivity index (χ2n) is 26.9. The van der Waals surface area contributed by atoms with Crippen LogP contribution in [0.1, 0.15) is 348 Å². The molecule has 2 unspecified atom stereocenters. The summed E-state index contributed by atoms with van der Waals surface area (Å²) in [6, 6.07) is 0. The molecule has 0 aliphatic rings. The summed E-state index contributed by atoms with van der Waals surface area (Å²) in [5, 5.41) is 9.77. The fourth-order valence-electron chi connectivity index (χ4n) is 11.1. The van der Waals surface area contributed by atoms with Crippen molar-refractivity contribution in [3.05, 3.63) is 97.2 Å². The molecule has 0 rings (SSSR count). The highest BCUT2D eigenvalue weighted by Gasteiger charge is 2.25. The highest BCUT2D eigenvalue weighted by molar-refractivity contribution is 5.71. The zero-order valence-corrected chi connectivity index (χ0v) is 60.2. The number of ether oxygens (including phenoxy) is 4. The minimum atomic E-state index is -1.51. The molecular formula is C82H146NO8+. The maximum atomic E-state index is 13.0. The van der Waals surface area contributed by atoms with Crippen LogP contribution in [0.5, 0.6) is 0 Å². The Morgan fingerprint density at radius 2 is 0.593 bits per heavy atom. The van der Waals surface area contributed by atoms with Gasteiger partial charge in [0, 0.05) is 12.8 Å². The van der Waals surface area contributed by atoms with Crippen molar-refractivity contribution in [3.8, 4) is 0 Å². The Morgan fingerprint density at radius 3 is 0.879 bits per heavy atom. The second-order valence-corrected chi connectivity index (χ2v) is 26.9. The van der Waals surface area contributed by atoms with E-state index >= 15 is 0 Å². The molecule has 9 nitrogen and oxygen atoms in total. The summed E-state index contributed by atoms with van der Waals surface area (Å²) in [7, 11) is 5.99. The molecule has 0 saturated heterocycles. The van der Waals surface area contributed by atoms with Crippen LogP contribution < -0.4 is 0 Å². The smallest absolute Gasteiger partial charge is 0.361 e. The number of carboxylic acids is 1. The van der Waals surface area contributed by atoms with Gasteiger partial charge in [-0.1, -0.05) is 342 Å². The Hall–Kier alpha value is -3.79. The number of hydrogen-bond acceptors (Lipinski definition) is 7. The minimum Gasteiger partial charge on any atom is -0.477 e. The molecule has 0 heterocycles. The number of hydrogen-bond donors (Lipinski definition) is 1. The predicted octanol–water partition coefficient (Wildman–Crippen LogP) is 24.4. The highest BCUT2D eigenvalue weighted by Crippen LogP contribution is 2.19. The summed E-state index contributed by atoms with van der Waals surface area (Å²) < 4.78 is 23.0. The number of rotatable bonds is 71. The third-order valence-corrected chi connectivity index (χ3v) is 16.8. The number of carbonyl (C=O) groups is 3. The van der Waals surface area contributed by atoms with Gasteiger partial charge in [-0.3, -0.25) is 9.59 Å². The van der Waals surface area contributed by atoms with Gasteiger partial charge in [0.25, 0.3) is 6.29 Å². The zero-order valence-electron chi connectivity index (χ0n) is 60.2. The fraction of sp³-hybridized carbons (Fsp3) is 0.768. The Balaban J connectivity index is 3.99. The van der Waals surface area contributed by atoms with Gasteiger partial charge in [-0.15, -0.1) is 0 Å². The lowest BCUT2D eigenvalue weighted by atomic mass is 10.0. The molecule has 0 bridgehead atoms. The van der Waals surface area contributed by atoms with Crippen molar-refractivity contribution in [1.29, 1.82) is 0 Å². The molecule has 526 valence electrons. The third-order valence-electron chi connectivity index (χ3n) is 16.8. The molecular weight excluding hydrogens is 1130 g/mol. The van der Waals surface area contributed by atoms with Gasteiger partial charge in [0.2, 0.25) is 0 Å². The number of aliphatic carboxylic acids is 1. The molecule has 0 aromatic carbocycles. The van der Waals surface area contributed by atoms with Crippen LogP contribution in [0, 0.1) is 0 Å². The fourth-order valence-corrected chi connectivity index (χ4v) is 11.1. The molecule has 0 saturated carbocycles. The van der Waals surface area contributed by atoms with Crippen molar-refractivity contribution in [1.82, 2.24) is 0 Å². The SMILES string of the molecule is CC/C=C\C/C=C\C/C=C\C/C=C\CCCCCCCCCCCCCCCCCCCCCCCCCCCCC(=O)OC(COC(=O)CCCCCCCCCCCCCCCC/C=C\C/C=C\C/C=C\C/C=C\CC)COC(OCC[N+](C)(C)C)C(=O)O. The first-order valence-corrected chi connectivity index (χ1v) is 38.4. The van der Waals surface area contributed by atoms with E-state index in [2.05, 4.69) is 111 Å².